The van der Waals surface area contributed by atoms with Crippen LogP contribution in [0.5, 0.6) is 11.5 Å². The van der Waals surface area contributed by atoms with Gasteiger partial charge in [-0.05, 0) is 12.1 Å². The molecule has 2 rings (SSSR count). The number of aromatic carboxylic acids is 2. The molecule has 126 valence electrons. The summed E-state index contributed by atoms with van der Waals surface area (Å²) in [6, 6.07) is 13.3. The first-order chi connectivity index (χ1) is 10.5. The predicted molar refractivity (Wildman–Crippen MR) is 82.0 cm³/mol. The Bertz CT molecular complexity index is 599. The van der Waals surface area contributed by atoms with Crippen LogP contribution in [0.1, 0.15) is 20.7 Å². The molecule has 0 atom stereocenters. The summed E-state index contributed by atoms with van der Waals surface area (Å²) in [5, 5.41) is 17.3. The van der Waals surface area contributed by atoms with E-state index in [1.807, 2.05) is 0 Å². The summed E-state index contributed by atoms with van der Waals surface area (Å²) in [5.74, 6) is -0.850. The van der Waals surface area contributed by atoms with E-state index in [2.05, 4.69) is 9.47 Å². The molecule has 0 heterocycles. The molecule has 0 saturated heterocycles. The summed E-state index contributed by atoms with van der Waals surface area (Å²) < 4.78 is 7.62. The summed E-state index contributed by atoms with van der Waals surface area (Å²) in [4.78, 5) is 21.0. The Hall–Kier alpha value is -2.53. The van der Waals surface area contributed by atoms with E-state index in [1.54, 1.807) is 50.6 Å². The molecular weight excluding hydrogens is 347 g/mol. The molecule has 0 radical (unpaired) electrons. The molecule has 0 aromatic heterocycles. The van der Waals surface area contributed by atoms with Gasteiger partial charge in [0.05, 0.1) is 0 Å². The molecule has 0 spiro atoms. The van der Waals surface area contributed by atoms with Gasteiger partial charge in [-0.15, -0.1) is 0 Å². The van der Waals surface area contributed by atoms with Gasteiger partial charge in [0.1, 0.15) is 0 Å². The molecule has 0 saturated carbocycles. The van der Waals surface area contributed by atoms with Crippen LogP contribution in [0.4, 0.5) is 0 Å². The van der Waals surface area contributed by atoms with E-state index in [0.717, 1.165) is 0 Å². The van der Waals surface area contributed by atoms with Crippen LogP contribution in [0, 0.1) is 0 Å². The van der Waals surface area contributed by atoms with Crippen molar-refractivity contribution in [2.24, 2.45) is 0 Å². The standard InChI is InChI=1S/2C8H8O3.Ni/c2*1-11-7-5-3-2-4-6(7)8(9)10;/h2*2-5H,1H3,(H,9,10);/p+2. The third-order valence-electron chi connectivity index (χ3n) is 2.75. The maximum atomic E-state index is 10.5. The van der Waals surface area contributed by atoms with Gasteiger partial charge >= 0.3 is 11.9 Å². The molecular formula is C16H18NiO6+2. The molecule has 2 aromatic carbocycles. The molecule has 2 aromatic rings. The zero-order chi connectivity index (χ0) is 16.5. The van der Waals surface area contributed by atoms with Crippen molar-refractivity contribution in [3.63, 3.8) is 0 Å². The van der Waals surface area contributed by atoms with Crippen molar-refractivity contribution in [3.05, 3.63) is 59.7 Å². The second-order valence-electron chi connectivity index (χ2n) is 4.09. The Labute approximate surface area is 143 Å². The molecule has 0 aliphatic heterocycles. The average molecular weight is 365 g/mol. The monoisotopic (exact) mass is 364 g/mol. The van der Waals surface area contributed by atoms with Crippen LogP contribution in [-0.4, -0.2) is 45.8 Å². The fraction of sp³-hybridized carbons (Fsp3) is 0.125. The van der Waals surface area contributed by atoms with Crippen molar-refractivity contribution in [2.75, 3.05) is 14.2 Å². The van der Waals surface area contributed by atoms with Crippen molar-refractivity contribution in [1.82, 2.24) is 0 Å². The minimum Gasteiger partial charge on any atom is -0.584 e. The van der Waals surface area contributed by atoms with E-state index in [9.17, 15) is 9.59 Å². The Balaban J connectivity index is 0.000000403. The molecule has 4 N–H and O–H groups in total. The van der Waals surface area contributed by atoms with Crippen LogP contribution in [0.15, 0.2) is 48.5 Å². The Kier molecular flexibility index (Phi) is 9.12. The second-order valence-corrected chi connectivity index (χ2v) is 4.09. The number of para-hydroxylation sites is 2. The number of aromatic hydroxyl groups is 2. The fourth-order valence-electron chi connectivity index (χ4n) is 1.70. The van der Waals surface area contributed by atoms with Gasteiger partial charge in [-0.25, -0.2) is 9.59 Å². The van der Waals surface area contributed by atoms with Gasteiger partial charge in [0.15, 0.2) is 25.3 Å². The number of aliphatic hydroxyl groups is 2. The maximum absolute atomic E-state index is 10.5. The van der Waals surface area contributed by atoms with E-state index < -0.39 is 11.9 Å². The molecule has 7 heteroatoms. The topological polar surface area (TPSA) is 100 Å². The molecule has 23 heavy (non-hydrogen) atoms. The van der Waals surface area contributed by atoms with Crippen molar-refractivity contribution in [1.29, 1.82) is 0 Å². The minimum atomic E-state index is -0.939. The summed E-state index contributed by atoms with van der Waals surface area (Å²) in [6.45, 7) is 0. The van der Waals surface area contributed by atoms with E-state index in [4.69, 9.17) is 10.2 Å². The van der Waals surface area contributed by atoms with Crippen LogP contribution in [0.25, 0.3) is 0 Å². The zero-order valence-electron chi connectivity index (χ0n) is 12.5. The first-order valence-corrected chi connectivity index (χ1v) is 6.35. The Morgan fingerprint density at radius 3 is 1.26 bits per heavy atom. The van der Waals surface area contributed by atoms with Gasteiger partial charge in [0.25, 0.3) is 11.5 Å². The summed E-state index contributed by atoms with van der Waals surface area (Å²) in [7, 11) is 3.14. The van der Waals surface area contributed by atoms with E-state index >= 15 is 0 Å². The molecule has 0 unspecified atom stereocenters. The quantitative estimate of drug-likeness (QED) is 0.642. The smallest absolute Gasteiger partial charge is 0.345 e. The van der Waals surface area contributed by atoms with Gasteiger partial charge in [0.2, 0.25) is 0 Å². The number of rotatable bonds is 4. The number of carbonyl (C=O) groups is 2. The minimum absolute atomic E-state index is 0. The van der Waals surface area contributed by atoms with Gasteiger partial charge in [0, 0.05) is 28.6 Å². The maximum Gasteiger partial charge on any atom is 0.345 e. The van der Waals surface area contributed by atoms with Crippen LogP contribution >= 0.6 is 0 Å². The largest absolute Gasteiger partial charge is 0.584 e. The third kappa shape index (κ3) is 6.00. The van der Waals surface area contributed by atoms with Gasteiger partial charge < -0.3 is 19.7 Å². The average Bonchev–Trinajstić information content (AvgIpc) is 2.55. The van der Waals surface area contributed by atoms with E-state index in [-0.39, 0.29) is 27.6 Å². The van der Waals surface area contributed by atoms with Crippen LogP contribution in [0.3, 0.4) is 0 Å². The normalized spacial score (nSPS) is 8.78. The summed E-state index contributed by atoms with van der Waals surface area (Å²) >= 11 is 0. The Morgan fingerprint density at radius 1 is 0.739 bits per heavy atom. The number of hydrogen-bond donors (Lipinski definition) is 2. The summed E-state index contributed by atoms with van der Waals surface area (Å²) in [6.07, 6.45) is 0. The third-order valence-corrected chi connectivity index (χ3v) is 2.75. The number of benzene rings is 2. The van der Waals surface area contributed by atoms with Crippen molar-refractivity contribution >= 4 is 11.9 Å². The zero-order valence-corrected chi connectivity index (χ0v) is 13.5. The van der Waals surface area contributed by atoms with Gasteiger partial charge in [-0.1, -0.05) is 24.3 Å². The first-order valence-electron chi connectivity index (χ1n) is 6.35. The van der Waals surface area contributed by atoms with Crippen molar-refractivity contribution in [3.8, 4) is 11.5 Å². The SMILES string of the molecule is C[OH+]c1ccccc1C(=O)O.C[OH+]c1ccccc1C(=O)O.[Ni]. The number of carboxylic acids is 2. The fourth-order valence-corrected chi connectivity index (χ4v) is 1.70. The molecule has 6 nitrogen and oxygen atoms in total. The summed E-state index contributed by atoms with van der Waals surface area (Å²) in [5.41, 5.74) is 0.491. The molecule has 0 bridgehead atoms. The number of hydrogen-bond acceptors (Lipinski definition) is 2. The molecule has 0 fully saturated rings. The predicted octanol–water partition coefficient (Wildman–Crippen LogP) is 2.51. The van der Waals surface area contributed by atoms with E-state index in [0.29, 0.717) is 11.5 Å². The molecule has 0 aliphatic rings. The van der Waals surface area contributed by atoms with E-state index in [1.165, 1.54) is 12.1 Å². The molecule has 0 aliphatic carbocycles. The van der Waals surface area contributed by atoms with Crippen LogP contribution < -0.4 is 0 Å². The number of carboxylic acid groups (broad SMARTS) is 2. The van der Waals surface area contributed by atoms with Crippen LogP contribution in [-0.2, 0) is 16.5 Å². The van der Waals surface area contributed by atoms with Crippen molar-refractivity contribution in [2.45, 2.75) is 0 Å². The van der Waals surface area contributed by atoms with Crippen molar-refractivity contribution < 1.29 is 45.8 Å². The molecule has 0 amide bonds. The van der Waals surface area contributed by atoms with Gasteiger partial charge in [-0.3, -0.25) is 0 Å². The second kappa shape index (κ2) is 10.2. The van der Waals surface area contributed by atoms with Gasteiger partial charge in [-0.2, -0.15) is 0 Å². The Morgan fingerprint density at radius 2 is 1.04 bits per heavy atom. The number of ether oxygens (including phenoxy) is 2. The van der Waals surface area contributed by atoms with Crippen LogP contribution in [0.2, 0.25) is 0 Å². The first kappa shape index (κ1) is 20.5.